The van der Waals surface area contributed by atoms with Gasteiger partial charge in [0.2, 0.25) is 5.88 Å². The lowest BCUT2D eigenvalue weighted by Gasteiger charge is -1.98. The van der Waals surface area contributed by atoms with Crippen LogP contribution in [0.3, 0.4) is 0 Å². The van der Waals surface area contributed by atoms with Gasteiger partial charge < -0.3 is 19.6 Å². The number of hydrogen-bond donors (Lipinski definition) is 0. The van der Waals surface area contributed by atoms with Crippen LogP contribution in [0.15, 0.2) is 6.07 Å². The van der Waals surface area contributed by atoms with E-state index in [-0.39, 0.29) is 17.7 Å². The number of rotatable bonds is 3. The molecule has 7 nitrogen and oxygen atoms in total. The SMILES string of the molecule is COc1cc([N+](=O)[O-])nc(OC)n1. The summed E-state index contributed by atoms with van der Waals surface area (Å²) in [5.74, 6) is -0.262. The van der Waals surface area contributed by atoms with Crippen molar-refractivity contribution in [3.8, 4) is 11.9 Å². The minimum absolute atomic E-state index is 0.0916. The summed E-state index contributed by atoms with van der Waals surface area (Å²) in [5, 5.41) is 10.3. The lowest BCUT2D eigenvalue weighted by molar-refractivity contribution is -0.389. The van der Waals surface area contributed by atoms with Crippen LogP contribution in [-0.4, -0.2) is 29.1 Å². The fraction of sp³-hybridized carbons (Fsp3) is 0.333. The van der Waals surface area contributed by atoms with Gasteiger partial charge in [0.25, 0.3) is 0 Å². The minimum Gasteiger partial charge on any atom is -0.481 e. The Bertz CT molecular complexity index is 305. The molecule has 1 rings (SSSR count). The van der Waals surface area contributed by atoms with Crippen LogP contribution in [0.1, 0.15) is 0 Å². The molecule has 0 aliphatic heterocycles. The number of nitro groups is 1. The maximum Gasteiger partial charge on any atom is 0.437 e. The fourth-order valence-electron chi connectivity index (χ4n) is 0.682. The molecule has 1 heterocycles. The quantitative estimate of drug-likeness (QED) is 0.500. The van der Waals surface area contributed by atoms with Gasteiger partial charge in [-0.15, -0.1) is 4.98 Å². The largest absolute Gasteiger partial charge is 0.481 e. The lowest BCUT2D eigenvalue weighted by atomic mass is 10.6. The highest BCUT2D eigenvalue weighted by molar-refractivity contribution is 5.27. The van der Waals surface area contributed by atoms with Crippen LogP contribution in [0.25, 0.3) is 0 Å². The van der Waals surface area contributed by atoms with Crippen molar-refractivity contribution in [3.05, 3.63) is 16.2 Å². The average molecular weight is 185 g/mol. The monoisotopic (exact) mass is 185 g/mol. The van der Waals surface area contributed by atoms with Crippen molar-refractivity contribution in [2.24, 2.45) is 0 Å². The average Bonchev–Trinajstić information content (AvgIpc) is 2.16. The van der Waals surface area contributed by atoms with E-state index in [1.54, 1.807) is 0 Å². The molecule has 7 heteroatoms. The molecule has 0 unspecified atom stereocenters. The molecular formula is C6H7N3O4. The molecule has 0 amide bonds. The van der Waals surface area contributed by atoms with Gasteiger partial charge >= 0.3 is 11.8 Å². The smallest absolute Gasteiger partial charge is 0.437 e. The van der Waals surface area contributed by atoms with Gasteiger partial charge in [0.1, 0.15) is 0 Å². The van der Waals surface area contributed by atoms with Crippen molar-refractivity contribution < 1.29 is 14.4 Å². The summed E-state index contributed by atoms with van der Waals surface area (Å²) < 4.78 is 9.35. The summed E-state index contributed by atoms with van der Waals surface area (Å²) in [4.78, 5) is 16.9. The Hall–Kier alpha value is -1.92. The zero-order valence-corrected chi connectivity index (χ0v) is 7.05. The molecule has 0 atom stereocenters. The molecule has 1 aromatic rings. The standard InChI is InChI=1S/C6H7N3O4/c1-12-5-3-4(9(10)11)7-6(8-5)13-2/h3H,1-2H3. The van der Waals surface area contributed by atoms with E-state index in [9.17, 15) is 10.1 Å². The Labute approximate surface area is 73.5 Å². The summed E-state index contributed by atoms with van der Waals surface area (Å²) in [5.41, 5.74) is 0. The molecule has 0 N–H and O–H groups in total. The van der Waals surface area contributed by atoms with Crippen molar-refractivity contribution in [1.29, 1.82) is 0 Å². The predicted molar refractivity (Wildman–Crippen MR) is 41.8 cm³/mol. The van der Waals surface area contributed by atoms with Gasteiger partial charge in [0.05, 0.1) is 20.3 Å². The molecule has 13 heavy (non-hydrogen) atoms. The summed E-state index contributed by atoms with van der Waals surface area (Å²) >= 11 is 0. The number of nitrogens with zero attached hydrogens (tertiary/aromatic N) is 3. The first-order chi connectivity index (χ1) is 6.17. The number of methoxy groups -OCH3 is 2. The molecule has 0 radical (unpaired) electrons. The van der Waals surface area contributed by atoms with Crippen LogP contribution in [0, 0.1) is 10.1 Å². The van der Waals surface area contributed by atoms with Crippen LogP contribution in [0.4, 0.5) is 5.82 Å². The van der Waals surface area contributed by atoms with E-state index in [4.69, 9.17) is 4.74 Å². The van der Waals surface area contributed by atoms with E-state index in [1.807, 2.05) is 0 Å². The van der Waals surface area contributed by atoms with Crippen LogP contribution < -0.4 is 9.47 Å². The third kappa shape index (κ3) is 2.01. The normalized spacial score (nSPS) is 9.38. The Morgan fingerprint density at radius 2 is 2.08 bits per heavy atom. The third-order valence-corrected chi connectivity index (χ3v) is 1.25. The topological polar surface area (TPSA) is 87.4 Å². The molecule has 0 fully saturated rings. The van der Waals surface area contributed by atoms with Crippen molar-refractivity contribution in [3.63, 3.8) is 0 Å². The van der Waals surface area contributed by atoms with Crippen LogP contribution >= 0.6 is 0 Å². The van der Waals surface area contributed by atoms with Gasteiger partial charge in [-0.2, -0.15) is 0 Å². The van der Waals surface area contributed by atoms with Gasteiger partial charge in [0, 0.05) is 4.98 Å². The first-order valence-electron chi connectivity index (χ1n) is 3.29. The molecule has 0 aliphatic carbocycles. The Morgan fingerprint density at radius 1 is 1.38 bits per heavy atom. The zero-order valence-electron chi connectivity index (χ0n) is 7.05. The second-order valence-corrected chi connectivity index (χ2v) is 2.01. The van der Waals surface area contributed by atoms with Crippen LogP contribution in [0.2, 0.25) is 0 Å². The number of aromatic nitrogens is 2. The molecule has 0 aromatic carbocycles. The van der Waals surface area contributed by atoms with E-state index >= 15 is 0 Å². The van der Waals surface area contributed by atoms with Gasteiger partial charge in [-0.25, -0.2) is 0 Å². The molecule has 0 bridgehead atoms. The predicted octanol–water partition coefficient (Wildman–Crippen LogP) is 0.402. The molecule has 1 aromatic heterocycles. The Morgan fingerprint density at radius 3 is 2.54 bits per heavy atom. The van der Waals surface area contributed by atoms with E-state index in [0.717, 1.165) is 6.07 Å². The minimum atomic E-state index is -0.646. The highest BCUT2D eigenvalue weighted by Crippen LogP contribution is 2.18. The molecule has 0 aliphatic rings. The Balaban J connectivity index is 3.14. The second kappa shape index (κ2) is 3.65. The Kier molecular flexibility index (Phi) is 2.58. The maximum atomic E-state index is 10.3. The summed E-state index contributed by atoms with van der Waals surface area (Å²) in [6.07, 6.45) is 0. The molecule has 0 saturated carbocycles. The van der Waals surface area contributed by atoms with Crippen molar-refractivity contribution in [2.75, 3.05) is 14.2 Å². The van der Waals surface area contributed by atoms with Gasteiger partial charge in [0.15, 0.2) is 0 Å². The maximum absolute atomic E-state index is 10.3. The molecular weight excluding hydrogens is 178 g/mol. The van der Waals surface area contributed by atoms with Gasteiger partial charge in [-0.1, -0.05) is 0 Å². The second-order valence-electron chi connectivity index (χ2n) is 2.01. The van der Waals surface area contributed by atoms with E-state index < -0.39 is 4.92 Å². The van der Waals surface area contributed by atoms with Crippen LogP contribution in [-0.2, 0) is 0 Å². The van der Waals surface area contributed by atoms with Crippen LogP contribution in [0.5, 0.6) is 11.9 Å². The first kappa shape index (κ1) is 9.17. The molecule has 70 valence electrons. The summed E-state index contributed by atoms with van der Waals surface area (Å²) in [6.45, 7) is 0. The summed E-state index contributed by atoms with van der Waals surface area (Å²) in [6, 6.07) is 1.02. The van der Waals surface area contributed by atoms with Crippen molar-refractivity contribution in [1.82, 2.24) is 9.97 Å². The van der Waals surface area contributed by atoms with Gasteiger partial charge in [-0.05, 0) is 4.92 Å². The van der Waals surface area contributed by atoms with E-state index in [1.165, 1.54) is 14.2 Å². The molecule has 0 saturated heterocycles. The first-order valence-corrected chi connectivity index (χ1v) is 3.29. The van der Waals surface area contributed by atoms with Crippen molar-refractivity contribution >= 4 is 5.82 Å². The van der Waals surface area contributed by atoms with E-state index in [0.29, 0.717) is 0 Å². The fourth-order valence-corrected chi connectivity index (χ4v) is 0.682. The van der Waals surface area contributed by atoms with E-state index in [2.05, 4.69) is 14.7 Å². The number of hydrogen-bond acceptors (Lipinski definition) is 6. The summed E-state index contributed by atoms with van der Waals surface area (Å²) in [7, 11) is 2.67. The third-order valence-electron chi connectivity index (χ3n) is 1.25. The van der Waals surface area contributed by atoms with Gasteiger partial charge in [-0.3, -0.25) is 0 Å². The highest BCUT2D eigenvalue weighted by atomic mass is 16.6. The lowest BCUT2D eigenvalue weighted by Crippen LogP contribution is -1.99. The molecule has 0 spiro atoms. The number of ether oxygens (including phenoxy) is 2. The zero-order chi connectivity index (χ0) is 9.84. The highest BCUT2D eigenvalue weighted by Gasteiger charge is 2.15. The van der Waals surface area contributed by atoms with Crippen molar-refractivity contribution in [2.45, 2.75) is 0 Å².